The summed E-state index contributed by atoms with van der Waals surface area (Å²) in [5.74, 6) is -1.09. The summed E-state index contributed by atoms with van der Waals surface area (Å²) in [5.41, 5.74) is 1.38. The van der Waals surface area contributed by atoms with E-state index in [1.807, 2.05) is 0 Å². The molecule has 4 rings (SSSR count). The summed E-state index contributed by atoms with van der Waals surface area (Å²) in [6.07, 6.45) is 2.57. The van der Waals surface area contributed by atoms with E-state index < -0.39 is 23.4 Å². The summed E-state index contributed by atoms with van der Waals surface area (Å²) in [6, 6.07) is 5.44. The summed E-state index contributed by atoms with van der Waals surface area (Å²) in [7, 11) is 1.46. The maximum absolute atomic E-state index is 13.3. The van der Waals surface area contributed by atoms with Crippen LogP contribution < -0.4 is 10.9 Å². The number of nitrogens with one attached hydrogen (secondary N) is 1. The van der Waals surface area contributed by atoms with Crippen LogP contribution in [0.2, 0.25) is 0 Å². The number of pyridine rings is 1. The number of carbonyl (C=O) groups excluding carboxylic acids is 2. The molecule has 1 fully saturated rings. The number of fused-ring (bicyclic) bond motifs is 1. The zero-order valence-corrected chi connectivity index (χ0v) is 16.0. The van der Waals surface area contributed by atoms with Crippen LogP contribution in [0.25, 0.3) is 5.69 Å². The maximum atomic E-state index is 13.3. The number of aliphatic hydroxyl groups is 1. The number of aromatic nitrogens is 1. The topological polar surface area (TPSA) is 91.6 Å². The predicted molar refractivity (Wildman–Crippen MR) is 103 cm³/mol. The largest absolute Gasteiger partial charge is 0.393 e. The molecule has 8 heteroatoms. The summed E-state index contributed by atoms with van der Waals surface area (Å²) in [6.45, 7) is 0.703. The molecule has 0 atom stereocenters. The standard InChI is InChI=1S/C21H22FN3O4/c1-23-19(27)18-17-6-7-24(20(28)12-8-16(26)9-12)10-13(17)11-25(21(18)29)15-4-2-14(22)3-5-15/h2-5,11-12,16,26H,6-10H2,1H3,(H,23,27). The van der Waals surface area contributed by atoms with Crippen LogP contribution in [0.3, 0.4) is 0 Å². The van der Waals surface area contributed by atoms with Crippen molar-refractivity contribution in [1.82, 2.24) is 14.8 Å². The molecule has 1 aliphatic heterocycles. The molecule has 0 spiro atoms. The van der Waals surface area contributed by atoms with Crippen molar-refractivity contribution in [2.24, 2.45) is 5.92 Å². The van der Waals surface area contributed by atoms with Gasteiger partial charge in [0.25, 0.3) is 11.5 Å². The molecule has 2 aromatic rings. The Hall–Kier alpha value is -3.00. The minimum absolute atomic E-state index is 0.0121. The highest BCUT2D eigenvalue weighted by atomic mass is 19.1. The number of hydrogen-bond donors (Lipinski definition) is 2. The lowest BCUT2D eigenvalue weighted by Crippen LogP contribution is -2.46. The van der Waals surface area contributed by atoms with Gasteiger partial charge >= 0.3 is 0 Å². The number of amides is 2. The van der Waals surface area contributed by atoms with Crippen molar-refractivity contribution in [3.63, 3.8) is 0 Å². The summed E-state index contributed by atoms with van der Waals surface area (Å²) in [4.78, 5) is 39.9. The zero-order valence-electron chi connectivity index (χ0n) is 16.0. The van der Waals surface area contributed by atoms with Gasteiger partial charge in [0, 0.05) is 37.9 Å². The number of aliphatic hydroxyl groups excluding tert-OH is 1. The molecule has 0 radical (unpaired) electrons. The zero-order chi connectivity index (χ0) is 20.7. The lowest BCUT2D eigenvalue weighted by atomic mass is 9.81. The van der Waals surface area contributed by atoms with Crippen molar-refractivity contribution in [1.29, 1.82) is 0 Å². The number of rotatable bonds is 3. The van der Waals surface area contributed by atoms with E-state index in [0.717, 1.165) is 0 Å². The molecule has 0 bridgehead atoms. The molecule has 1 aromatic carbocycles. The molecule has 2 heterocycles. The van der Waals surface area contributed by atoms with E-state index in [-0.39, 0.29) is 23.9 Å². The van der Waals surface area contributed by atoms with Gasteiger partial charge in [0.05, 0.1) is 6.10 Å². The van der Waals surface area contributed by atoms with Gasteiger partial charge in [-0.05, 0) is 54.7 Å². The number of carbonyl (C=O) groups is 2. The van der Waals surface area contributed by atoms with E-state index in [4.69, 9.17) is 0 Å². The van der Waals surface area contributed by atoms with Crippen LogP contribution in [-0.4, -0.2) is 46.1 Å². The van der Waals surface area contributed by atoms with E-state index in [2.05, 4.69) is 5.32 Å². The van der Waals surface area contributed by atoms with Crippen LogP contribution in [-0.2, 0) is 17.8 Å². The maximum Gasteiger partial charge on any atom is 0.268 e. The smallest absolute Gasteiger partial charge is 0.268 e. The van der Waals surface area contributed by atoms with Crippen LogP contribution in [0.5, 0.6) is 0 Å². The lowest BCUT2D eigenvalue weighted by molar-refractivity contribution is -0.143. The first kappa shape index (κ1) is 19.3. The Labute approximate surface area is 166 Å². The summed E-state index contributed by atoms with van der Waals surface area (Å²) < 4.78 is 14.6. The van der Waals surface area contributed by atoms with Crippen molar-refractivity contribution in [3.05, 3.63) is 63.3 Å². The summed E-state index contributed by atoms with van der Waals surface area (Å²) >= 11 is 0. The molecule has 7 nitrogen and oxygen atoms in total. The Kier molecular flexibility index (Phi) is 4.96. The Morgan fingerprint density at radius 2 is 1.90 bits per heavy atom. The first-order chi connectivity index (χ1) is 13.9. The third-order valence-corrected chi connectivity index (χ3v) is 5.73. The Morgan fingerprint density at radius 3 is 2.52 bits per heavy atom. The van der Waals surface area contributed by atoms with Crippen molar-refractivity contribution < 1.29 is 19.1 Å². The molecule has 1 aromatic heterocycles. The fourth-order valence-electron chi connectivity index (χ4n) is 4.04. The fourth-order valence-corrected chi connectivity index (χ4v) is 4.04. The second-order valence-corrected chi connectivity index (χ2v) is 7.57. The molecule has 1 aliphatic carbocycles. The minimum Gasteiger partial charge on any atom is -0.393 e. The molecule has 29 heavy (non-hydrogen) atoms. The number of halogens is 1. The third-order valence-electron chi connectivity index (χ3n) is 5.73. The van der Waals surface area contributed by atoms with E-state index in [1.54, 1.807) is 11.1 Å². The minimum atomic E-state index is -0.482. The third kappa shape index (κ3) is 3.44. The van der Waals surface area contributed by atoms with Crippen LogP contribution in [0.15, 0.2) is 35.3 Å². The van der Waals surface area contributed by atoms with Gasteiger partial charge in [0.15, 0.2) is 0 Å². The molecular formula is C21H22FN3O4. The molecule has 2 aliphatic rings. The molecule has 2 N–H and O–H groups in total. The molecule has 152 valence electrons. The quantitative estimate of drug-likeness (QED) is 0.805. The summed E-state index contributed by atoms with van der Waals surface area (Å²) in [5, 5.41) is 12.0. The molecule has 2 amide bonds. The first-order valence-corrected chi connectivity index (χ1v) is 9.61. The molecule has 0 unspecified atom stereocenters. The highest BCUT2D eigenvalue weighted by Gasteiger charge is 2.37. The lowest BCUT2D eigenvalue weighted by Gasteiger charge is -2.37. The van der Waals surface area contributed by atoms with Crippen molar-refractivity contribution in [2.75, 3.05) is 13.6 Å². The van der Waals surface area contributed by atoms with Gasteiger partial charge in [-0.3, -0.25) is 19.0 Å². The number of nitrogens with zero attached hydrogens (tertiary/aromatic N) is 2. The molecule has 1 saturated carbocycles. The van der Waals surface area contributed by atoms with Gasteiger partial charge in [-0.2, -0.15) is 0 Å². The van der Waals surface area contributed by atoms with Gasteiger partial charge in [0.2, 0.25) is 5.91 Å². The van der Waals surface area contributed by atoms with Crippen LogP contribution >= 0.6 is 0 Å². The second-order valence-electron chi connectivity index (χ2n) is 7.57. The van der Waals surface area contributed by atoms with E-state index >= 15 is 0 Å². The predicted octanol–water partition coefficient (Wildman–Crippen LogP) is 0.992. The van der Waals surface area contributed by atoms with Gasteiger partial charge in [-0.1, -0.05) is 0 Å². The number of benzene rings is 1. The average Bonchev–Trinajstić information content (AvgIpc) is 2.70. The highest BCUT2D eigenvalue weighted by Crippen LogP contribution is 2.31. The van der Waals surface area contributed by atoms with Crippen LogP contribution in [0.1, 0.15) is 34.3 Å². The molecular weight excluding hydrogens is 377 g/mol. The monoisotopic (exact) mass is 399 g/mol. The Bertz CT molecular complexity index is 1030. The van der Waals surface area contributed by atoms with Crippen molar-refractivity contribution in [2.45, 2.75) is 31.9 Å². The van der Waals surface area contributed by atoms with Crippen LogP contribution in [0.4, 0.5) is 4.39 Å². The van der Waals surface area contributed by atoms with E-state index in [0.29, 0.717) is 42.6 Å². The molecule has 0 saturated heterocycles. The van der Waals surface area contributed by atoms with E-state index in [9.17, 15) is 23.9 Å². The van der Waals surface area contributed by atoms with Gasteiger partial charge in [0.1, 0.15) is 11.4 Å². The SMILES string of the molecule is CNC(=O)c1c2c(cn(-c3ccc(F)cc3)c1=O)CN(C(=O)C1CC(O)C1)CC2. The first-order valence-electron chi connectivity index (χ1n) is 9.61. The van der Waals surface area contributed by atoms with E-state index in [1.165, 1.54) is 35.9 Å². The Morgan fingerprint density at radius 1 is 1.21 bits per heavy atom. The van der Waals surface area contributed by atoms with Crippen molar-refractivity contribution >= 4 is 11.8 Å². The normalized spacial score (nSPS) is 20.6. The van der Waals surface area contributed by atoms with Gasteiger partial charge in [-0.15, -0.1) is 0 Å². The fraction of sp³-hybridized carbons (Fsp3) is 0.381. The van der Waals surface area contributed by atoms with Crippen molar-refractivity contribution in [3.8, 4) is 5.69 Å². The number of hydrogen-bond acceptors (Lipinski definition) is 4. The van der Waals surface area contributed by atoms with Gasteiger partial charge in [-0.25, -0.2) is 4.39 Å². The highest BCUT2D eigenvalue weighted by molar-refractivity contribution is 5.95. The Balaban J connectivity index is 1.75. The van der Waals surface area contributed by atoms with Crippen LogP contribution in [0, 0.1) is 11.7 Å². The second kappa shape index (κ2) is 7.44. The van der Waals surface area contributed by atoms with Gasteiger partial charge < -0.3 is 15.3 Å². The average molecular weight is 399 g/mol.